The molecule has 5 heteroatoms. The van der Waals surface area contributed by atoms with Gasteiger partial charge in [0.05, 0.1) is 22.8 Å². The number of carbonyl (C=O) groups excluding carboxylic acids is 1. The Morgan fingerprint density at radius 2 is 1.94 bits per heavy atom. The van der Waals surface area contributed by atoms with Crippen molar-refractivity contribution in [3.8, 4) is 0 Å². The van der Waals surface area contributed by atoms with Gasteiger partial charge in [0, 0.05) is 0 Å². The molecule has 0 bridgehead atoms. The summed E-state index contributed by atoms with van der Waals surface area (Å²) in [6.07, 6.45) is 0. The van der Waals surface area contributed by atoms with E-state index in [1.807, 2.05) is 0 Å². The monoisotopic (exact) mass is 242 g/mol. The van der Waals surface area contributed by atoms with Crippen molar-refractivity contribution in [1.29, 1.82) is 0 Å². The first-order valence-electron chi connectivity index (χ1n) is 4.82. The Hall–Kier alpha value is -1.36. The third kappa shape index (κ3) is 2.41. The second-order valence-corrected chi connectivity index (χ2v) is 6.12. The molecule has 0 saturated heterocycles. The van der Waals surface area contributed by atoms with E-state index in [9.17, 15) is 13.2 Å². The number of methoxy groups -OCH3 is 1. The van der Waals surface area contributed by atoms with Gasteiger partial charge in [-0.1, -0.05) is 6.07 Å². The smallest absolute Gasteiger partial charge is 0.337 e. The van der Waals surface area contributed by atoms with Crippen LogP contribution < -0.4 is 0 Å². The molecule has 1 aromatic rings. The molecule has 0 aliphatic rings. The second kappa shape index (κ2) is 4.65. The lowest BCUT2D eigenvalue weighted by Gasteiger charge is -2.08. The molecule has 16 heavy (non-hydrogen) atoms. The first kappa shape index (κ1) is 12.7. The maximum absolute atomic E-state index is 11.8. The highest BCUT2D eigenvalue weighted by Crippen LogP contribution is 2.17. The second-order valence-electron chi connectivity index (χ2n) is 3.61. The zero-order valence-corrected chi connectivity index (χ0v) is 10.2. The summed E-state index contributed by atoms with van der Waals surface area (Å²) in [6.45, 7) is 3.19. The third-order valence-electron chi connectivity index (χ3n) is 2.20. The molecule has 1 rings (SSSR count). The van der Waals surface area contributed by atoms with Crippen molar-refractivity contribution in [1.82, 2.24) is 0 Å². The molecule has 0 saturated carbocycles. The molecular formula is C11H14O4S. The summed E-state index contributed by atoms with van der Waals surface area (Å²) >= 11 is 0. The average molecular weight is 242 g/mol. The average Bonchev–Trinajstić information content (AvgIpc) is 2.28. The van der Waals surface area contributed by atoms with Gasteiger partial charge in [0.1, 0.15) is 0 Å². The van der Waals surface area contributed by atoms with Crippen LogP contribution in [0.5, 0.6) is 0 Å². The number of benzene rings is 1. The minimum Gasteiger partial charge on any atom is -0.465 e. The van der Waals surface area contributed by atoms with Gasteiger partial charge in [-0.15, -0.1) is 0 Å². The van der Waals surface area contributed by atoms with Gasteiger partial charge in [0.25, 0.3) is 0 Å². The molecule has 0 amide bonds. The summed E-state index contributed by atoms with van der Waals surface area (Å²) in [6, 6.07) is 5.86. The van der Waals surface area contributed by atoms with E-state index in [0.717, 1.165) is 0 Å². The summed E-state index contributed by atoms with van der Waals surface area (Å²) < 4.78 is 28.2. The van der Waals surface area contributed by atoms with Crippen LogP contribution in [0.3, 0.4) is 0 Å². The zero-order chi connectivity index (χ0) is 12.3. The Kier molecular flexibility index (Phi) is 3.70. The molecule has 0 aliphatic heterocycles. The number of esters is 1. The Labute approximate surface area is 95.2 Å². The van der Waals surface area contributed by atoms with E-state index in [4.69, 9.17) is 0 Å². The number of hydrogen-bond donors (Lipinski definition) is 0. The molecule has 0 aliphatic carbocycles. The zero-order valence-electron chi connectivity index (χ0n) is 9.43. The van der Waals surface area contributed by atoms with Crippen molar-refractivity contribution in [3.05, 3.63) is 29.8 Å². The molecule has 1 aromatic carbocycles. The molecule has 0 heterocycles. The predicted molar refractivity (Wildman–Crippen MR) is 60.1 cm³/mol. The van der Waals surface area contributed by atoms with Crippen LogP contribution >= 0.6 is 0 Å². The fraction of sp³-hybridized carbons (Fsp3) is 0.364. The van der Waals surface area contributed by atoms with Crippen molar-refractivity contribution in [2.45, 2.75) is 24.0 Å². The molecule has 0 N–H and O–H groups in total. The van der Waals surface area contributed by atoms with Crippen molar-refractivity contribution in [2.75, 3.05) is 7.11 Å². The highest BCUT2D eigenvalue weighted by molar-refractivity contribution is 7.92. The molecule has 0 unspecified atom stereocenters. The first-order valence-corrected chi connectivity index (χ1v) is 6.36. The molecular weight excluding hydrogens is 228 g/mol. The molecule has 0 radical (unpaired) electrons. The number of rotatable bonds is 3. The largest absolute Gasteiger partial charge is 0.465 e. The van der Waals surface area contributed by atoms with E-state index in [2.05, 4.69) is 4.74 Å². The maximum Gasteiger partial charge on any atom is 0.337 e. The van der Waals surface area contributed by atoms with Crippen LogP contribution in [-0.4, -0.2) is 26.7 Å². The Bertz CT molecular complexity index is 488. The molecule has 0 atom stereocenters. The van der Waals surface area contributed by atoms with Crippen LogP contribution in [0, 0.1) is 0 Å². The van der Waals surface area contributed by atoms with Crippen LogP contribution in [-0.2, 0) is 14.6 Å². The van der Waals surface area contributed by atoms with E-state index in [-0.39, 0.29) is 10.5 Å². The summed E-state index contributed by atoms with van der Waals surface area (Å²) in [5.74, 6) is -0.541. The Balaban J connectivity index is 3.24. The summed E-state index contributed by atoms with van der Waals surface area (Å²) in [4.78, 5) is 11.4. The highest BCUT2D eigenvalue weighted by atomic mass is 32.2. The molecule has 0 spiro atoms. The van der Waals surface area contributed by atoms with E-state index >= 15 is 0 Å². The summed E-state index contributed by atoms with van der Waals surface area (Å²) in [7, 11) is -2.09. The van der Waals surface area contributed by atoms with Gasteiger partial charge in [0.15, 0.2) is 9.84 Å². The normalized spacial score (nSPS) is 11.5. The van der Waals surface area contributed by atoms with Crippen LogP contribution in [0.4, 0.5) is 0 Å². The van der Waals surface area contributed by atoms with Gasteiger partial charge < -0.3 is 4.74 Å². The van der Waals surface area contributed by atoms with Gasteiger partial charge in [-0.2, -0.15) is 0 Å². The topological polar surface area (TPSA) is 60.4 Å². The highest BCUT2D eigenvalue weighted by Gasteiger charge is 2.20. The molecule has 4 nitrogen and oxygen atoms in total. The quantitative estimate of drug-likeness (QED) is 0.756. The fourth-order valence-corrected chi connectivity index (χ4v) is 2.29. The first-order chi connectivity index (χ1) is 7.39. The lowest BCUT2D eigenvalue weighted by Crippen LogP contribution is -2.14. The standard InChI is InChI=1S/C11H14O4S/c1-8(2)16(13,14)10-6-4-5-9(7-10)11(12)15-3/h4-8H,1-3H3. The molecule has 0 fully saturated rings. The number of carbonyl (C=O) groups is 1. The van der Waals surface area contributed by atoms with Crippen LogP contribution in [0.1, 0.15) is 24.2 Å². The van der Waals surface area contributed by atoms with E-state index in [0.29, 0.717) is 0 Å². The van der Waals surface area contributed by atoms with Crippen molar-refractivity contribution in [3.63, 3.8) is 0 Å². The number of hydrogen-bond acceptors (Lipinski definition) is 4. The van der Waals surface area contributed by atoms with Crippen LogP contribution in [0.15, 0.2) is 29.2 Å². The van der Waals surface area contributed by atoms with Crippen molar-refractivity contribution < 1.29 is 17.9 Å². The Morgan fingerprint density at radius 1 is 1.31 bits per heavy atom. The molecule has 0 aromatic heterocycles. The summed E-state index contributed by atoms with van der Waals surface area (Å²) in [5, 5.41) is -0.514. The van der Waals surface area contributed by atoms with Gasteiger partial charge in [0.2, 0.25) is 0 Å². The van der Waals surface area contributed by atoms with Gasteiger partial charge >= 0.3 is 5.97 Å². The van der Waals surface area contributed by atoms with E-state index < -0.39 is 21.1 Å². The van der Waals surface area contributed by atoms with Gasteiger partial charge in [-0.05, 0) is 32.0 Å². The SMILES string of the molecule is COC(=O)c1cccc(S(=O)(=O)C(C)C)c1. The number of ether oxygens (including phenoxy) is 1. The molecule has 88 valence electrons. The van der Waals surface area contributed by atoms with Gasteiger partial charge in [-0.3, -0.25) is 0 Å². The van der Waals surface area contributed by atoms with Crippen molar-refractivity contribution in [2.24, 2.45) is 0 Å². The minimum absolute atomic E-state index is 0.144. The lowest BCUT2D eigenvalue weighted by molar-refractivity contribution is 0.0600. The fourth-order valence-electron chi connectivity index (χ4n) is 1.19. The van der Waals surface area contributed by atoms with Crippen molar-refractivity contribution >= 4 is 15.8 Å². The van der Waals surface area contributed by atoms with Crippen LogP contribution in [0.25, 0.3) is 0 Å². The lowest BCUT2D eigenvalue weighted by atomic mass is 10.2. The van der Waals surface area contributed by atoms with E-state index in [1.165, 1.54) is 31.4 Å². The summed E-state index contributed by atoms with van der Waals surface area (Å²) in [5.41, 5.74) is 0.240. The van der Waals surface area contributed by atoms with E-state index in [1.54, 1.807) is 13.8 Å². The predicted octanol–water partition coefficient (Wildman–Crippen LogP) is 1.66. The number of sulfone groups is 1. The van der Waals surface area contributed by atoms with Crippen LogP contribution in [0.2, 0.25) is 0 Å². The third-order valence-corrected chi connectivity index (χ3v) is 4.36. The Morgan fingerprint density at radius 3 is 2.44 bits per heavy atom. The maximum atomic E-state index is 11.8. The minimum atomic E-state index is -3.35. The van der Waals surface area contributed by atoms with Gasteiger partial charge in [-0.25, -0.2) is 13.2 Å².